The Morgan fingerprint density at radius 3 is 2.79 bits per heavy atom. The molecule has 2 aromatic heterocycles. The summed E-state index contributed by atoms with van der Waals surface area (Å²) in [6.07, 6.45) is 0.388. The number of ether oxygens (including phenoxy) is 1. The molecule has 0 fully saturated rings. The van der Waals surface area contributed by atoms with Gasteiger partial charge in [0.25, 0.3) is 11.5 Å². The van der Waals surface area contributed by atoms with E-state index in [0.717, 1.165) is 17.4 Å². The summed E-state index contributed by atoms with van der Waals surface area (Å²) in [5.41, 5.74) is 2.06. The molecule has 0 aliphatic carbocycles. The van der Waals surface area contributed by atoms with Gasteiger partial charge in [-0.05, 0) is 17.7 Å². The fraction of sp³-hybridized carbons (Fsp3) is 0.133. The van der Waals surface area contributed by atoms with Crippen molar-refractivity contribution < 1.29 is 9.53 Å². The minimum absolute atomic E-state index is 0.0254. The van der Waals surface area contributed by atoms with Gasteiger partial charge in [-0.1, -0.05) is 23.5 Å². The van der Waals surface area contributed by atoms with Crippen LogP contribution in [0.4, 0.5) is 5.13 Å². The molecular formula is C15H13N5O3S. The molecule has 3 rings (SSSR count). The minimum Gasteiger partial charge on any atom is -0.497 e. The Bertz CT molecular complexity index is 890. The standard InChI is InChI=1S/C15H13N5O3S/c1-23-10-4-2-9(3-5-10)6-12-17-11(7-13(21)18-12)14(22)19-15-20-16-8-24-15/h2-5,7-8H,6H2,1H3,(H,17,18,21)(H,19,20,22). The number of aromatic nitrogens is 4. The molecule has 24 heavy (non-hydrogen) atoms. The van der Waals surface area contributed by atoms with E-state index in [4.69, 9.17) is 4.74 Å². The number of hydrogen-bond donors (Lipinski definition) is 2. The Morgan fingerprint density at radius 2 is 2.12 bits per heavy atom. The predicted molar refractivity (Wildman–Crippen MR) is 88.5 cm³/mol. The number of carbonyl (C=O) groups is 1. The number of benzene rings is 1. The first-order valence-corrected chi connectivity index (χ1v) is 7.82. The van der Waals surface area contributed by atoms with Crippen molar-refractivity contribution in [1.29, 1.82) is 0 Å². The summed E-state index contributed by atoms with van der Waals surface area (Å²) in [7, 11) is 1.59. The molecule has 0 saturated carbocycles. The zero-order valence-corrected chi connectivity index (χ0v) is 13.5. The van der Waals surface area contributed by atoms with Gasteiger partial charge in [0, 0.05) is 12.5 Å². The smallest absolute Gasteiger partial charge is 0.276 e. The van der Waals surface area contributed by atoms with E-state index in [-0.39, 0.29) is 5.69 Å². The second kappa shape index (κ2) is 7.01. The monoisotopic (exact) mass is 343 g/mol. The van der Waals surface area contributed by atoms with Crippen molar-refractivity contribution in [3.63, 3.8) is 0 Å². The molecule has 0 radical (unpaired) electrons. The topological polar surface area (TPSA) is 110 Å². The first kappa shape index (κ1) is 15.8. The lowest BCUT2D eigenvalue weighted by atomic mass is 10.1. The zero-order chi connectivity index (χ0) is 16.9. The van der Waals surface area contributed by atoms with Gasteiger partial charge in [0.05, 0.1) is 7.11 Å². The third-order valence-electron chi connectivity index (χ3n) is 3.13. The predicted octanol–water partition coefficient (Wildman–Crippen LogP) is 1.47. The van der Waals surface area contributed by atoms with Crippen LogP contribution in [0, 0.1) is 0 Å². The lowest BCUT2D eigenvalue weighted by Gasteiger charge is -2.05. The molecule has 0 bridgehead atoms. The molecule has 0 spiro atoms. The van der Waals surface area contributed by atoms with Crippen LogP contribution < -0.4 is 15.6 Å². The Morgan fingerprint density at radius 1 is 1.33 bits per heavy atom. The largest absolute Gasteiger partial charge is 0.497 e. The fourth-order valence-electron chi connectivity index (χ4n) is 2.03. The molecule has 2 N–H and O–H groups in total. The Hall–Kier alpha value is -3.07. The average molecular weight is 343 g/mol. The van der Waals surface area contributed by atoms with Crippen LogP contribution in [-0.4, -0.2) is 33.2 Å². The van der Waals surface area contributed by atoms with Crippen LogP contribution in [0.1, 0.15) is 21.9 Å². The number of H-pyrrole nitrogens is 1. The van der Waals surface area contributed by atoms with Gasteiger partial charge >= 0.3 is 0 Å². The van der Waals surface area contributed by atoms with Crippen LogP contribution in [0.3, 0.4) is 0 Å². The molecule has 8 nitrogen and oxygen atoms in total. The maximum Gasteiger partial charge on any atom is 0.276 e. The lowest BCUT2D eigenvalue weighted by Crippen LogP contribution is -2.20. The number of methoxy groups -OCH3 is 1. The molecule has 0 aliphatic rings. The zero-order valence-electron chi connectivity index (χ0n) is 12.6. The molecule has 1 aromatic carbocycles. The summed E-state index contributed by atoms with van der Waals surface area (Å²) in [4.78, 5) is 30.8. The van der Waals surface area contributed by atoms with Gasteiger partial charge in [-0.2, -0.15) is 0 Å². The Labute approximate surface area is 140 Å². The number of anilines is 1. The molecular weight excluding hydrogens is 330 g/mol. The van der Waals surface area contributed by atoms with Crippen LogP contribution >= 0.6 is 11.3 Å². The van der Waals surface area contributed by atoms with Crippen LogP contribution in [0.25, 0.3) is 0 Å². The van der Waals surface area contributed by atoms with Crippen molar-refractivity contribution in [1.82, 2.24) is 20.2 Å². The highest BCUT2D eigenvalue weighted by atomic mass is 32.1. The molecule has 3 aromatic rings. The van der Waals surface area contributed by atoms with Crippen molar-refractivity contribution in [2.45, 2.75) is 6.42 Å². The van der Waals surface area contributed by atoms with Gasteiger partial charge in [-0.25, -0.2) is 4.98 Å². The Kier molecular flexibility index (Phi) is 4.62. The van der Waals surface area contributed by atoms with Crippen LogP contribution in [0.2, 0.25) is 0 Å². The minimum atomic E-state index is -0.506. The number of rotatable bonds is 5. The molecule has 0 unspecified atom stereocenters. The summed E-state index contributed by atoms with van der Waals surface area (Å²) < 4.78 is 5.10. The maximum atomic E-state index is 12.1. The van der Waals surface area contributed by atoms with Crippen molar-refractivity contribution in [3.05, 3.63) is 63.3 Å². The summed E-state index contributed by atoms with van der Waals surface area (Å²) in [6.45, 7) is 0. The number of nitrogens with one attached hydrogen (secondary N) is 2. The van der Waals surface area contributed by atoms with Gasteiger partial charge < -0.3 is 9.72 Å². The lowest BCUT2D eigenvalue weighted by molar-refractivity contribution is 0.102. The number of carbonyl (C=O) groups excluding carboxylic acids is 1. The van der Waals surface area contributed by atoms with E-state index in [1.807, 2.05) is 24.3 Å². The van der Waals surface area contributed by atoms with Crippen molar-refractivity contribution in [2.75, 3.05) is 12.4 Å². The van der Waals surface area contributed by atoms with Gasteiger partial charge in [-0.3, -0.25) is 14.9 Å². The van der Waals surface area contributed by atoms with Gasteiger partial charge in [0.2, 0.25) is 5.13 Å². The summed E-state index contributed by atoms with van der Waals surface area (Å²) in [6, 6.07) is 8.52. The highest BCUT2D eigenvalue weighted by Crippen LogP contribution is 2.13. The van der Waals surface area contributed by atoms with Gasteiger partial charge in [-0.15, -0.1) is 10.2 Å². The number of nitrogens with zero attached hydrogens (tertiary/aromatic N) is 3. The van der Waals surface area contributed by atoms with E-state index in [2.05, 4.69) is 25.5 Å². The third-order valence-corrected chi connectivity index (χ3v) is 3.74. The SMILES string of the molecule is COc1ccc(Cc2nc(C(=O)Nc3nncs3)cc(=O)[nH]2)cc1. The van der Waals surface area contributed by atoms with Crippen LogP contribution in [0.5, 0.6) is 5.75 Å². The van der Waals surface area contributed by atoms with E-state index < -0.39 is 11.5 Å². The summed E-state index contributed by atoms with van der Waals surface area (Å²) >= 11 is 1.18. The van der Waals surface area contributed by atoms with Crippen molar-refractivity contribution in [2.24, 2.45) is 0 Å². The second-order valence-electron chi connectivity index (χ2n) is 4.80. The van der Waals surface area contributed by atoms with E-state index >= 15 is 0 Å². The maximum absolute atomic E-state index is 12.1. The fourth-order valence-corrected chi connectivity index (χ4v) is 2.47. The van der Waals surface area contributed by atoms with Gasteiger partial charge in [0.15, 0.2) is 0 Å². The number of amides is 1. The van der Waals surface area contributed by atoms with E-state index in [1.165, 1.54) is 16.8 Å². The quantitative estimate of drug-likeness (QED) is 0.726. The first-order valence-electron chi connectivity index (χ1n) is 6.95. The van der Waals surface area contributed by atoms with E-state index in [1.54, 1.807) is 7.11 Å². The third kappa shape index (κ3) is 3.82. The Balaban J connectivity index is 1.80. The molecule has 0 aliphatic heterocycles. The highest BCUT2D eigenvalue weighted by molar-refractivity contribution is 7.13. The highest BCUT2D eigenvalue weighted by Gasteiger charge is 2.12. The van der Waals surface area contributed by atoms with E-state index in [9.17, 15) is 9.59 Å². The number of aromatic amines is 1. The molecule has 122 valence electrons. The summed E-state index contributed by atoms with van der Waals surface area (Å²) in [5, 5.41) is 10.2. The van der Waals surface area contributed by atoms with Crippen LogP contribution in [0.15, 0.2) is 40.6 Å². The molecule has 0 atom stereocenters. The van der Waals surface area contributed by atoms with Crippen molar-refractivity contribution in [3.8, 4) is 5.75 Å². The molecule has 9 heteroatoms. The first-order chi connectivity index (χ1) is 11.6. The summed E-state index contributed by atoms with van der Waals surface area (Å²) in [5.74, 6) is 0.634. The molecule has 0 saturated heterocycles. The van der Waals surface area contributed by atoms with E-state index in [0.29, 0.717) is 17.4 Å². The molecule has 2 heterocycles. The number of hydrogen-bond acceptors (Lipinski definition) is 7. The second-order valence-corrected chi connectivity index (χ2v) is 5.63. The van der Waals surface area contributed by atoms with Gasteiger partial charge in [0.1, 0.15) is 22.8 Å². The molecule has 1 amide bonds. The normalized spacial score (nSPS) is 10.4. The van der Waals surface area contributed by atoms with Crippen molar-refractivity contribution >= 4 is 22.4 Å². The average Bonchev–Trinajstić information content (AvgIpc) is 3.08. The van der Waals surface area contributed by atoms with Crippen LogP contribution in [-0.2, 0) is 6.42 Å².